The molecule has 0 amide bonds. The zero-order valence-electron chi connectivity index (χ0n) is 11.7. The topological polar surface area (TPSA) is 43.6 Å². The van der Waals surface area contributed by atoms with Gasteiger partial charge in [0.15, 0.2) is 5.65 Å². The summed E-state index contributed by atoms with van der Waals surface area (Å²) >= 11 is 1.72. The lowest BCUT2D eigenvalue weighted by Gasteiger charge is -2.04. The fraction of sp³-hybridized carbons (Fsp3) is 0.267. The van der Waals surface area contributed by atoms with Crippen molar-refractivity contribution in [2.24, 2.45) is 0 Å². The Bertz CT molecular complexity index is 739. The van der Waals surface area contributed by atoms with E-state index in [9.17, 15) is 4.39 Å². The number of hydrogen-bond donors (Lipinski definition) is 0. The number of fused-ring (bicyclic) bond motifs is 1. The molecule has 108 valence electrons. The molecule has 0 N–H and O–H groups in total. The summed E-state index contributed by atoms with van der Waals surface area (Å²) < 4.78 is 14.7. The number of rotatable bonds is 5. The molecule has 6 heteroatoms. The van der Waals surface area contributed by atoms with E-state index in [2.05, 4.69) is 22.0 Å². The predicted molar refractivity (Wildman–Crippen MR) is 82.3 cm³/mol. The highest BCUT2D eigenvalue weighted by molar-refractivity contribution is 7.99. The number of aromatic nitrogens is 4. The molecule has 0 fully saturated rings. The molecule has 0 aliphatic carbocycles. The van der Waals surface area contributed by atoms with E-state index in [1.165, 1.54) is 12.1 Å². The molecule has 0 saturated carbocycles. The van der Waals surface area contributed by atoms with E-state index < -0.39 is 0 Å². The number of unbranched alkanes of at least 4 members (excludes halogenated alkanes) is 1. The Labute approximate surface area is 126 Å². The maximum Gasteiger partial charge on any atom is 0.167 e. The average molecular weight is 302 g/mol. The van der Waals surface area contributed by atoms with Crippen molar-refractivity contribution < 1.29 is 4.39 Å². The van der Waals surface area contributed by atoms with Gasteiger partial charge in [-0.1, -0.05) is 13.3 Å². The normalized spacial score (nSPS) is 11.1. The van der Waals surface area contributed by atoms with Crippen LogP contribution in [0.1, 0.15) is 19.8 Å². The monoisotopic (exact) mass is 302 g/mol. The van der Waals surface area contributed by atoms with Crippen LogP contribution in [0.25, 0.3) is 16.7 Å². The lowest BCUT2D eigenvalue weighted by atomic mass is 10.3. The zero-order chi connectivity index (χ0) is 14.7. The smallest absolute Gasteiger partial charge is 0.167 e. The van der Waals surface area contributed by atoms with E-state index in [1.54, 1.807) is 41.1 Å². The Kier molecular flexibility index (Phi) is 4.15. The number of thioether (sulfide) groups is 1. The highest BCUT2D eigenvalue weighted by atomic mass is 32.2. The first kappa shape index (κ1) is 14.0. The van der Waals surface area contributed by atoms with Gasteiger partial charge < -0.3 is 0 Å². The van der Waals surface area contributed by atoms with E-state index in [1.807, 2.05) is 0 Å². The highest BCUT2D eigenvalue weighted by Crippen LogP contribution is 2.26. The van der Waals surface area contributed by atoms with Crippen molar-refractivity contribution in [2.75, 3.05) is 5.75 Å². The molecule has 21 heavy (non-hydrogen) atoms. The Morgan fingerprint density at radius 1 is 1.19 bits per heavy atom. The molecule has 2 heterocycles. The second kappa shape index (κ2) is 6.22. The first-order chi connectivity index (χ1) is 10.3. The third-order valence-electron chi connectivity index (χ3n) is 3.14. The second-order valence-electron chi connectivity index (χ2n) is 4.65. The van der Waals surface area contributed by atoms with Crippen LogP contribution in [0.15, 0.2) is 41.8 Å². The van der Waals surface area contributed by atoms with Crippen molar-refractivity contribution in [3.8, 4) is 5.69 Å². The van der Waals surface area contributed by atoms with Gasteiger partial charge in [-0.15, -0.1) is 11.8 Å². The number of hydrogen-bond acceptors (Lipinski definition) is 4. The molecule has 0 saturated heterocycles. The standard InChI is InChI=1S/C15H15FN4S/c1-2-3-8-21-15-13-9-19-20(14(13)17-10-18-15)12-6-4-11(16)5-7-12/h4-7,9-10H,2-3,8H2,1H3. The average Bonchev–Trinajstić information content (AvgIpc) is 2.93. The Balaban J connectivity index is 1.98. The maximum atomic E-state index is 13.0. The van der Waals surface area contributed by atoms with Crippen LogP contribution in [0.5, 0.6) is 0 Å². The third-order valence-corrected chi connectivity index (χ3v) is 4.23. The van der Waals surface area contributed by atoms with E-state index in [-0.39, 0.29) is 5.82 Å². The van der Waals surface area contributed by atoms with Crippen LogP contribution in [0, 0.1) is 5.82 Å². The second-order valence-corrected chi connectivity index (χ2v) is 5.73. The zero-order valence-corrected chi connectivity index (χ0v) is 12.5. The van der Waals surface area contributed by atoms with Crippen LogP contribution >= 0.6 is 11.8 Å². The van der Waals surface area contributed by atoms with Crippen LogP contribution in [-0.2, 0) is 0 Å². The van der Waals surface area contributed by atoms with E-state index in [0.29, 0.717) is 0 Å². The quantitative estimate of drug-likeness (QED) is 0.408. The Morgan fingerprint density at radius 3 is 2.76 bits per heavy atom. The summed E-state index contributed by atoms with van der Waals surface area (Å²) in [5, 5.41) is 6.24. The molecule has 0 bridgehead atoms. The largest absolute Gasteiger partial charge is 0.229 e. The fourth-order valence-electron chi connectivity index (χ4n) is 2.02. The van der Waals surface area contributed by atoms with Crippen LogP contribution < -0.4 is 0 Å². The van der Waals surface area contributed by atoms with Crippen molar-refractivity contribution in [3.05, 3.63) is 42.6 Å². The van der Waals surface area contributed by atoms with Gasteiger partial charge in [0.05, 0.1) is 17.3 Å². The number of halogens is 1. The van der Waals surface area contributed by atoms with Crippen molar-refractivity contribution >= 4 is 22.8 Å². The fourth-order valence-corrected chi connectivity index (χ4v) is 3.07. The van der Waals surface area contributed by atoms with Gasteiger partial charge in [0.25, 0.3) is 0 Å². The molecule has 4 nitrogen and oxygen atoms in total. The van der Waals surface area contributed by atoms with E-state index >= 15 is 0 Å². The van der Waals surface area contributed by atoms with Crippen LogP contribution in [-0.4, -0.2) is 25.5 Å². The van der Waals surface area contributed by atoms with Crippen LogP contribution in [0.2, 0.25) is 0 Å². The molecule has 0 aliphatic heterocycles. The summed E-state index contributed by atoms with van der Waals surface area (Å²) in [4.78, 5) is 8.65. The molecule has 1 aromatic carbocycles. The van der Waals surface area contributed by atoms with Gasteiger partial charge in [-0.25, -0.2) is 19.0 Å². The van der Waals surface area contributed by atoms with Gasteiger partial charge in [-0.3, -0.25) is 0 Å². The summed E-state index contributed by atoms with van der Waals surface area (Å²) in [5.41, 5.74) is 1.53. The van der Waals surface area contributed by atoms with Crippen LogP contribution in [0.4, 0.5) is 4.39 Å². The summed E-state index contributed by atoms with van der Waals surface area (Å²) in [6.45, 7) is 2.17. The number of benzene rings is 1. The van der Waals surface area contributed by atoms with Gasteiger partial charge in [0, 0.05) is 0 Å². The summed E-state index contributed by atoms with van der Waals surface area (Å²) in [7, 11) is 0. The van der Waals surface area contributed by atoms with Crippen molar-refractivity contribution in [1.82, 2.24) is 19.7 Å². The Hall–Kier alpha value is -1.95. The molecule has 0 spiro atoms. The minimum absolute atomic E-state index is 0.263. The first-order valence-corrected chi connectivity index (χ1v) is 7.85. The lowest BCUT2D eigenvalue weighted by Crippen LogP contribution is -1.98. The van der Waals surface area contributed by atoms with Gasteiger partial charge in [0.2, 0.25) is 0 Å². The first-order valence-electron chi connectivity index (χ1n) is 6.87. The molecule has 0 atom stereocenters. The third kappa shape index (κ3) is 2.90. The molecular weight excluding hydrogens is 287 g/mol. The molecule has 0 radical (unpaired) electrons. The van der Waals surface area contributed by atoms with Gasteiger partial charge in [-0.05, 0) is 36.4 Å². The maximum absolute atomic E-state index is 13.0. The molecule has 3 aromatic rings. The van der Waals surface area contributed by atoms with Crippen LogP contribution in [0.3, 0.4) is 0 Å². The van der Waals surface area contributed by atoms with Gasteiger partial charge >= 0.3 is 0 Å². The van der Waals surface area contributed by atoms with Gasteiger partial charge in [0.1, 0.15) is 17.2 Å². The van der Waals surface area contributed by atoms with E-state index in [4.69, 9.17) is 0 Å². The molecule has 0 aliphatic rings. The number of nitrogens with zero attached hydrogens (tertiary/aromatic N) is 4. The molecular formula is C15H15FN4S. The highest BCUT2D eigenvalue weighted by Gasteiger charge is 2.11. The summed E-state index contributed by atoms with van der Waals surface area (Å²) in [6, 6.07) is 6.21. The molecule has 0 unspecified atom stereocenters. The van der Waals surface area contributed by atoms with E-state index in [0.717, 1.165) is 40.3 Å². The van der Waals surface area contributed by atoms with Gasteiger partial charge in [-0.2, -0.15) is 5.10 Å². The SMILES string of the molecule is CCCCSc1ncnc2c1cnn2-c1ccc(F)cc1. The molecule has 2 aromatic heterocycles. The van der Waals surface area contributed by atoms with Crippen molar-refractivity contribution in [2.45, 2.75) is 24.8 Å². The van der Waals surface area contributed by atoms with Crippen molar-refractivity contribution in [1.29, 1.82) is 0 Å². The summed E-state index contributed by atoms with van der Waals surface area (Å²) in [5.74, 6) is 0.769. The minimum atomic E-state index is -0.263. The minimum Gasteiger partial charge on any atom is -0.229 e. The predicted octanol–water partition coefficient (Wildman–Crippen LogP) is 3.85. The van der Waals surface area contributed by atoms with Crippen molar-refractivity contribution in [3.63, 3.8) is 0 Å². The summed E-state index contributed by atoms with van der Waals surface area (Å²) in [6.07, 6.45) is 5.64. The molecule has 3 rings (SSSR count). The Morgan fingerprint density at radius 2 is 2.00 bits per heavy atom. The lowest BCUT2D eigenvalue weighted by molar-refractivity contribution is 0.627.